The van der Waals surface area contributed by atoms with Gasteiger partial charge in [-0.3, -0.25) is 4.79 Å². The highest BCUT2D eigenvalue weighted by Gasteiger charge is 2.36. The summed E-state index contributed by atoms with van der Waals surface area (Å²) in [6, 6.07) is -0.485. The van der Waals surface area contributed by atoms with E-state index in [0.29, 0.717) is 13.0 Å². The van der Waals surface area contributed by atoms with Gasteiger partial charge in [-0.25, -0.2) is 0 Å². The number of carboxylic acids is 1. The third kappa shape index (κ3) is 1.95. The molecule has 1 saturated heterocycles. The normalized spacial score (nSPS) is 30.6. The summed E-state index contributed by atoms with van der Waals surface area (Å²) in [4.78, 5) is 10.5. The van der Waals surface area contributed by atoms with Crippen molar-refractivity contribution in [2.45, 2.75) is 31.9 Å². The van der Waals surface area contributed by atoms with Crippen molar-refractivity contribution in [2.24, 2.45) is 5.92 Å². The van der Waals surface area contributed by atoms with Gasteiger partial charge in [0.1, 0.15) is 6.04 Å². The smallest absolute Gasteiger partial charge is 0.320 e. The Kier molecular flexibility index (Phi) is 2.39. The number of carboxylic acid groups (broad SMARTS) is 1. The van der Waals surface area contributed by atoms with Crippen molar-refractivity contribution in [1.82, 2.24) is 5.32 Å². The second-order valence-electron chi connectivity index (χ2n) is 3.89. The van der Waals surface area contributed by atoms with E-state index in [1.165, 1.54) is 0 Å². The summed E-state index contributed by atoms with van der Waals surface area (Å²) in [5.74, 6) is -0.791. The van der Waals surface area contributed by atoms with E-state index in [0.717, 1.165) is 0 Å². The van der Waals surface area contributed by atoms with E-state index < -0.39 is 17.6 Å². The molecule has 0 aromatic rings. The van der Waals surface area contributed by atoms with Gasteiger partial charge in [0.15, 0.2) is 0 Å². The lowest BCUT2D eigenvalue weighted by atomic mass is 9.89. The van der Waals surface area contributed by atoms with Gasteiger partial charge in [-0.05, 0) is 20.3 Å². The third-order valence-electron chi connectivity index (χ3n) is 2.43. The summed E-state index contributed by atoms with van der Waals surface area (Å²) in [6.45, 7) is 4.01. The number of nitrogens with one attached hydrogen (secondary N) is 1. The van der Waals surface area contributed by atoms with Crippen LogP contribution in [0.4, 0.5) is 0 Å². The Morgan fingerprint density at radius 1 is 1.58 bits per heavy atom. The summed E-state index contributed by atoms with van der Waals surface area (Å²) >= 11 is 0. The van der Waals surface area contributed by atoms with Crippen molar-refractivity contribution in [3.05, 3.63) is 0 Å². The standard InChI is InChI=1S/C8H15NO3/c1-8(2,12)5-3-6(7(10)11)9-4-5/h5-6,9,12H,3-4H2,1-2H3,(H,10,11)/t5-,6-/m1/s1. The highest BCUT2D eigenvalue weighted by atomic mass is 16.4. The van der Waals surface area contributed by atoms with Crippen molar-refractivity contribution >= 4 is 5.97 Å². The van der Waals surface area contributed by atoms with Crippen LogP contribution in [0, 0.1) is 5.92 Å². The van der Waals surface area contributed by atoms with Gasteiger partial charge >= 0.3 is 5.97 Å². The maximum Gasteiger partial charge on any atom is 0.320 e. The van der Waals surface area contributed by atoms with Crippen LogP contribution in [0.2, 0.25) is 0 Å². The lowest BCUT2D eigenvalue weighted by Crippen LogP contribution is -2.32. The van der Waals surface area contributed by atoms with Gasteiger partial charge in [-0.15, -0.1) is 0 Å². The minimum absolute atomic E-state index is 0.0404. The fraction of sp³-hybridized carbons (Fsp3) is 0.875. The number of aliphatic hydroxyl groups is 1. The predicted molar refractivity (Wildman–Crippen MR) is 43.8 cm³/mol. The van der Waals surface area contributed by atoms with Gasteiger partial charge in [-0.1, -0.05) is 0 Å². The molecule has 0 amide bonds. The Bertz CT molecular complexity index is 185. The SMILES string of the molecule is CC(C)(O)[C@H]1CN[C@@H](C(=O)O)C1. The van der Waals surface area contributed by atoms with Crippen LogP contribution in [0.5, 0.6) is 0 Å². The third-order valence-corrected chi connectivity index (χ3v) is 2.43. The van der Waals surface area contributed by atoms with Gasteiger partial charge < -0.3 is 15.5 Å². The van der Waals surface area contributed by atoms with Crippen molar-refractivity contribution in [3.8, 4) is 0 Å². The maximum atomic E-state index is 10.5. The average Bonchev–Trinajstić information content (AvgIpc) is 2.30. The Balaban J connectivity index is 2.51. The molecule has 4 heteroatoms. The lowest BCUT2D eigenvalue weighted by Gasteiger charge is -2.24. The summed E-state index contributed by atoms with van der Waals surface area (Å²) in [7, 11) is 0. The van der Waals surface area contributed by atoms with E-state index in [2.05, 4.69) is 5.32 Å². The Hall–Kier alpha value is -0.610. The van der Waals surface area contributed by atoms with E-state index in [9.17, 15) is 9.90 Å². The first-order valence-electron chi connectivity index (χ1n) is 4.10. The van der Waals surface area contributed by atoms with Gasteiger partial charge in [0, 0.05) is 12.5 Å². The Morgan fingerprint density at radius 2 is 2.17 bits per heavy atom. The molecule has 1 aliphatic rings. The predicted octanol–water partition coefficient (Wildman–Crippen LogP) is -0.180. The molecule has 1 heterocycles. The summed E-state index contributed by atoms with van der Waals surface area (Å²) in [5, 5.41) is 21.1. The fourth-order valence-electron chi connectivity index (χ4n) is 1.46. The molecule has 0 saturated carbocycles. The zero-order valence-electron chi connectivity index (χ0n) is 7.37. The van der Waals surface area contributed by atoms with E-state index in [-0.39, 0.29) is 5.92 Å². The minimum Gasteiger partial charge on any atom is -0.480 e. The van der Waals surface area contributed by atoms with Gasteiger partial charge in [-0.2, -0.15) is 0 Å². The molecule has 1 rings (SSSR count). The largest absolute Gasteiger partial charge is 0.480 e. The highest BCUT2D eigenvalue weighted by Crippen LogP contribution is 2.25. The van der Waals surface area contributed by atoms with E-state index in [4.69, 9.17) is 5.11 Å². The summed E-state index contributed by atoms with van der Waals surface area (Å²) in [5.41, 5.74) is -0.781. The minimum atomic E-state index is -0.832. The molecule has 70 valence electrons. The lowest BCUT2D eigenvalue weighted by molar-refractivity contribution is -0.139. The molecule has 0 aromatic carbocycles. The molecule has 1 fully saturated rings. The number of hydrogen-bond acceptors (Lipinski definition) is 3. The molecule has 12 heavy (non-hydrogen) atoms. The molecular formula is C8H15NO3. The van der Waals surface area contributed by atoms with Crippen LogP contribution >= 0.6 is 0 Å². The molecule has 4 nitrogen and oxygen atoms in total. The number of rotatable bonds is 2. The quantitative estimate of drug-likeness (QED) is 0.542. The van der Waals surface area contributed by atoms with Gasteiger partial charge in [0.2, 0.25) is 0 Å². The first-order chi connectivity index (χ1) is 5.41. The number of carbonyl (C=O) groups is 1. The van der Waals surface area contributed by atoms with Gasteiger partial charge in [0.25, 0.3) is 0 Å². The zero-order valence-corrected chi connectivity index (χ0v) is 7.37. The molecule has 0 radical (unpaired) electrons. The molecule has 3 N–H and O–H groups in total. The molecule has 0 unspecified atom stereocenters. The monoisotopic (exact) mass is 173 g/mol. The zero-order chi connectivity index (χ0) is 9.35. The van der Waals surface area contributed by atoms with Crippen molar-refractivity contribution < 1.29 is 15.0 Å². The molecular weight excluding hydrogens is 158 g/mol. The Labute approximate surface area is 71.6 Å². The first-order valence-corrected chi connectivity index (χ1v) is 4.10. The topological polar surface area (TPSA) is 69.6 Å². The van der Waals surface area contributed by atoms with Crippen molar-refractivity contribution in [2.75, 3.05) is 6.54 Å². The van der Waals surface area contributed by atoms with Crippen LogP contribution in [0.15, 0.2) is 0 Å². The molecule has 0 aromatic heterocycles. The molecule has 0 aliphatic carbocycles. The first kappa shape index (κ1) is 9.48. The Morgan fingerprint density at radius 3 is 2.42 bits per heavy atom. The molecule has 2 atom stereocenters. The van der Waals surface area contributed by atoms with Crippen molar-refractivity contribution in [3.63, 3.8) is 0 Å². The number of aliphatic carboxylic acids is 1. The van der Waals surface area contributed by atoms with Crippen molar-refractivity contribution in [1.29, 1.82) is 0 Å². The highest BCUT2D eigenvalue weighted by molar-refractivity contribution is 5.73. The van der Waals surface area contributed by atoms with Crippen LogP contribution < -0.4 is 5.32 Å². The molecule has 1 aliphatic heterocycles. The van der Waals surface area contributed by atoms with E-state index >= 15 is 0 Å². The van der Waals surface area contributed by atoms with E-state index in [1.807, 2.05) is 0 Å². The van der Waals surface area contributed by atoms with Crippen LogP contribution in [-0.2, 0) is 4.79 Å². The molecule has 0 bridgehead atoms. The second-order valence-corrected chi connectivity index (χ2v) is 3.89. The summed E-state index contributed by atoms with van der Waals surface area (Å²) < 4.78 is 0. The summed E-state index contributed by atoms with van der Waals surface area (Å²) in [6.07, 6.45) is 0.513. The van der Waals surface area contributed by atoms with Gasteiger partial charge in [0.05, 0.1) is 5.60 Å². The van der Waals surface area contributed by atoms with E-state index in [1.54, 1.807) is 13.8 Å². The van der Waals surface area contributed by atoms with Crippen LogP contribution in [-0.4, -0.2) is 34.4 Å². The van der Waals surface area contributed by atoms with Crippen LogP contribution in [0.25, 0.3) is 0 Å². The average molecular weight is 173 g/mol. The maximum absolute atomic E-state index is 10.5. The second kappa shape index (κ2) is 3.03. The van der Waals surface area contributed by atoms with Crippen LogP contribution in [0.1, 0.15) is 20.3 Å². The molecule has 0 spiro atoms. The number of hydrogen-bond donors (Lipinski definition) is 3. The fourth-order valence-corrected chi connectivity index (χ4v) is 1.46. The van der Waals surface area contributed by atoms with Crippen LogP contribution in [0.3, 0.4) is 0 Å².